The fourth-order valence-corrected chi connectivity index (χ4v) is 2.55. The standard InChI is InChI=1S/C17H15ClN2O3/c1-20(14-9-11(18)7-8-16(14)22-2)17(21)10-13-12-5-3-4-6-15(12)23-19-13/h3-9H,10H2,1-2H3. The van der Waals surface area contributed by atoms with Gasteiger partial charge in [-0.3, -0.25) is 4.79 Å². The highest BCUT2D eigenvalue weighted by Gasteiger charge is 2.19. The van der Waals surface area contributed by atoms with Crippen molar-refractivity contribution in [1.82, 2.24) is 5.16 Å². The molecule has 23 heavy (non-hydrogen) atoms. The van der Waals surface area contributed by atoms with Crippen LogP contribution in [0.5, 0.6) is 5.75 Å². The van der Waals surface area contributed by atoms with Gasteiger partial charge in [-0.05, 0) is 30.3 Å². The molecule has 0 aliphatic heterocycles. The number of aromatic nitrogens is 1. The number of nitrogens with zero attached hydrogens (tertiary/aromatic N) is 2. The molecule has 0 saturated heterocycles. The summed E-state index contributed by atoms with van der Waals surface area (Å²) >= 11 is 6.02. The average molecular weight is 331 g/mol. The van der Waals surface area contributed by atoms with Crippen molar-refractivity contribution in [3.05, 3.63) is 53.2 Å². The van der Waals surface area contributed by atoms with Crippen LogP contribution in [0.15, 0.2) is 47.0 Å². The van der Waals surface area contributed by atoms with Crippen LogP contribution in [0, 0.1) is 0 Å². The molecule has 3 rings (SSSR count). The van der Waals surface area contributed by atoms with Gasteiger partial charge in [0.1, 0.15) is 11.4 Å². The lowest BCUT2D eigenvalue weighted by molar-refractivity contribution is -0.117. The van der Waals surface area contributed by atoms with Gasteiger partial charge in [-0.25, -0.2) is 0 Å². The van der Waals surface area contributed by atoms with E-state index in [1.165, 1.54) is 4.90 Å². The lowest BCUT2D eigenvalue weighted by Crippen LogP contribution is -2.28. The van der Waals surface area contributed by atoms with E-state index >= 15 is 0 Å². The minimum absolute atomic E-state index is 0.128. The predicted octanol–water partition coefficient (Wildman–Crippen LogP) is 3.70. The number of carbonyl (C=O) groups excluding carboxylic acids is 1. The van der Waals surface area contributed by atoms with E-state index in [2.05, 4.69) is 5.16 Å². The molecular weight excluding hydrogens is 316 g/mol. The summed E-state index contributed by atoms with van der Waals surface area (Å²) in [5.41, 5.74) is 1.88. The molecule has 5 nitrogen and oxygen atoms in total. The molecule has 0 N–H and O–H groups in total. The summed E-state index contributed by atoms with van der Waals surface area (Å²) in [7, 11) is 3.23. The minimum atomic E-state index is -0.135. The van der Waals surface area contributed by atoms with Crippen molar-refractivity contribution in [3.63, 3.8) is 0 Å². The first-order valence-corrected chi connectivity index (χ1v) is 7.41. The highest BCUT2D eigenvalue weighted by Crippen LogP contribution is 2.31. The third-order valence-corrected chi connectivity index (χ3v) is 3.88. The molecule has 0 aliphatic rings. The molecular formula is C17H15ClN2O3. The summed E-state index contributed by atoms with van der Waals surface area (Å²) in [6.45, 7) is 0. The monoisotopic (exact) mass is 330 g/mol. The van der Waals surface area contributed by atoms with Crippen molar-refractivity contribution in [1.29, 1.82) is 0 Å². The Kier molecular flexibility index (Phi) is 4.21. The van der Waals surface area contributed by atoms with Gasteiger partial charge >= 0.3 is 0 Å². The number of rotatable bonds is 4. The normalized spacial score (nSPS) is 10.7. The molecule has 6 heteroatoms. The maximum absolute atomic E-state index is 12.6. The summed E-state index contributed by atoms with van der Waals surface area (Å²) < 4.78 is 10.5. The minimum Gasteiger partial charge on any atom is -0.495 e. The van der Waals surface area contributed by atoms with Crippen LogP contribution >= 0.6 is 11.6 Å². The number of ether oxygens (including phenoxy) is 1. The van der Waals surface area contributed by atoms with Gasteiger partial charge in [0.2, 0.25) is 5.91 Å². The van der Waals surface area contributed by atoms with Crippen molar-refractivity contribution in [3.8, 4) is 5.75 Å². The van der Waals surface area contributed by atoms with Crippen molar-refractivity contribution < 1.29 is 14.1 Å². The van der Waals surface area contributed by atoms with Crippen molar-refractivity contribution in [2.75, 3.05) is 19.1 Å². The third kappa shape index (κ3) is 3.00. The van der Waals surface area contributed by atoms with Crippen LogP contribution in [0.4, 0.5) is 5.69 Å². The third-order valence-electron chi connectivity index (χ3n) is 3.65. The number of halogens is 1. The predicted molar refractivity (Wildman–Crippen MR) is 89.1 cm³/mol. The zero-order valence-corrected chi connectivity index (χ0v) is 13.5. The molecule has 0 radical (unpaired) electrons. The fourth-order valence-electron chi connectivity index (χ4n) is 2.39. The van der Waals surface area contributed by atoms with E-state index in [9.17, 15) is 4.79 Å². The molecule has 118 valence electrons. The van der Waals surface area contributed by atoms with Gasteiger partial charge in [-0.2, -0.15) is 0 Å². The molecule has 1 heterocycles. The van der Waals surface area contributed by atoms with Gasteiger partial charge in [0.25, 0.3) is 0 Å². The number of carbonyl (C=O) groups is 1. The van der Waals surface area contributed by atoms with Crippen LogP contribution in [0.3, 0.4) is 0 Å². The number of amides is 1. The molecule has 0 fully saturated rings. The molecule has 2 aromatic carbocycles. The van der Waals surface area contributed by atoms with E-state index in [-0.39, 0.29) is 12.3 Å². The van der Waals surface area contributed by atoms with E-state index in [1.807, 2.05) is 24.3 Å². The van der Waals surface area contributed by atoms with Gasteiger partial charge in [0.05, 0.1) is 19.2 Å². The molecule has 1 aromatic heterocycles. The molecule has 0 saturated carbocycles. The molecule has 0 atom stereocenters. The summed E-state index contributed by atoms with van der Waals surface area (Å²) in [6.07, 6.45) is 0.128. The van der Waals surface area contributed by atoms with E-state index < -0.39 is 0 Å². The van der Waals surface area contributed by atoms with Crippen LogP contribution in [0.1, 0.15) is 5.69 Å². The average Bonchev–Trinajstić information content (AvgIpc) is 2.97. The Morgan fingerprint density at radius 3 is 2.87 bits per heavy atom. The Balaban J connectivity index is 1.87. The lowest BCUT2D eigenvalue weighted by atomic mass is 10.1. The Labute approximate surface area is 138 Å². The molecule has 0 unspecified atom stereocenters. The molecule has 0 bridgehead atoms. The lowest BCUT2D eigenvalue weighted by Gasteiger charge is -2.20. The first kappa shape index (κ1) is 15.4. The second-order valence-corrected chi connectivity index (χ2v) is 5.51. The van der Waals surface area contributed by atoms with Crippen LogP contribution in [-0.2, 0) is 11.2 Å². The number of methoxy groups -OCH3 is 1. The molecule has 3 aromatic rings. The number of fused-ring (bicyclic) bond motifs is 1. The Bertz CT molecular complexity index is 860. The smallest absolute Gasteiger partial charge is 0.233 e. The van der Waals surface area contributed by atoms with Crippen LogP contribution < -0.4 is 9.64 Å². The Morgan fingerprint density at radius 1 is 1.30 bits per heavy atom. The molecule has 0 spiro atoms. The zero-order chi connectivity index (χ0) is 16.4. The number of para-hydroxylation sites is 1. The number of likely N-dealkylation sites (N-methyl/N-ethyl adjacent to an activating group) is 1. The second kappa shape index (κ2) is 6.30. The quantitative estimate of drug-likeness (QED) is 0.732. The first-order valence-electron chi connectivity index (χ1n) is 7.03. The molecule has 1 amide bonds. The van der Waals surface area contributed by atoms with E-state index in [1.54, 1.807) is 32.4 Å². The van der Waals surface area contributed by atoms with Crippen molar-refractivity contribution in [2.45, 2.75) is 6.42 Å². The highest BCUT2D eigenvalue weighted by molar-refractivity contribution is 6.31. The van der Waals surface area contributed by atoms with Crippen molar-refractivity contribution >= 4 is 34.2 Å². The van der Waals surface area contributed by atoms with Crippen LogP contribution in [0.2, 0.25) is 5.02 Å². The topological polar surface area (TPSA) is 55.6 Å². The SMILES string of the molecule is COc1ccc(Cl)cc1N(C)C(=O)Cc1noc2ccccc12. The maximum atomic E-state index is 12.6. The van der Waals surface area contributed by atoms with Gasteiger partial charge in [0, 0.05) is 17.5 Å². The van der Waals surface area contributed by atoms with E-state index in [4.69, 9.17) is 20.9 Å². The highest BCUT2D eigenvalue weighted by atomic mass is 35.5. The van der Waals surface area contributed by atoms with Gasteiger partial charge < -0.3 is 14.2 Å². The number of anilines is 1. The summed E-state index contributed by atoms with van der Waals surface area (Å²) in [5.74, 6) is 0.444. The van der Waals surface area contributed by atoms with Gasteiger partial charge in [0.15, 0.2) is 5.58 Å². The number of hydrogen-bond acceptors (Lipinski definition) is 4. The number of hydrogen-bond donors (Lipinski definition) is 0. The van der Waals surface area contributed by atoms with Crippen molar-refractivity contribution in [2.24, 2.45) is 0 Å². The zero-order valence-electron chi connectivity index (χ0n) is 12.7. The fraction of sp³-hybridized carbons (Fsp3) is 0.176. The van der Waals surface area contributed by atoms with E-state index in [0.717, 1.165) is 5.39 Å². The maximum Gasteiger partial charge on any atom is 0.233 e. The second-order valence-electron chi connectivity index (χ2n) is 5.07. The summed E-state index contributed by atoms with van der Waals surface area (Å²) in [6, 6.07) is 12.6. The largest absolute Gasteiger partial charge is 0.495 e. The van der Waals surface area contributed by atoms with E-state index in [0.29, 0.717) is 27.7 Å². The Hall–Kier alpha value is -2.53. The summed E-state index contributed by atoms with van der Waals surface area (Å²) in [4.78, 5) is 14.1. The first-order chi connectivity index (χ1) is 11.1. The number of benzene rings is 2. The van der Waals surface area contributed by atoms with Gasteiger partial charge in [-0.1, -0.05) is 28.9 Å². The molecule has 0 aliphatic carbocycles. The van der Waals surface area contributed by atoms with Crippen LogP contribution in [0.25, 0.3) is 11.0 Å². The Morgan fingerprint density at radius 2 is 2.09 bits per heavy atom. The van der Waals surface area contributed by atoms with Gasteiger partial charge in [-0.15, -0.1) is 0 Å². The van der Waals surface area contributed by atoms with Crippen LogP contribution in [-0.4, -0.2) is 25.2 Å². The summed E-state index contributed by atoms with van der Waals surface area (Å²) in [5, 5.41) is 5.37.